The zero-order valence-electron chi connectivity index (χ0n) is 17.4. The first-order valence-corrected chi connectivity index (χ1v) is 11.1. The molecule has 0 aliphatic carbocycles. The molecule has 30 heavy (non-hydrogen) atoms. The number of pyridine rings is 1. The van der Waals surface area contributed by atoms with Crippen LogP contribution in [0, 0.1) is 0 Å². The van der Waals surface area contributed by atoms with Crippen LogP contribution in [0.4, 0.5) is 5.82 Å². The number of anilines is 1. The lowest BCUT2D eigenvalue weighted by atomic mass is 9.81. The molecule has 3 saturated heterocycles. The highest BCUT2D eigenvalue weighted by molar-refractivity contribution is 5.93. The Hall–Kier alpha value is -2.38. The number of furan rings is 1. The summed E-state index contributed by atoms with van der Waals surface area (Å²) in [5, 5.41) is 0. The van der Waals surface area contributed by atoms with Crippen molar-refractivity contribution >= 4 is 11.7 Å². The summed E-state index contributed by atoms with van der Waals surface area (Å²) in [6.07, 6.45) is 8.97. The Bertz CT molecular complexity index is 825. The minimum absolute atomic E-state index is 0.0663. The van der Waals surface area contributed by atoms with Gasteiger partial charge in [0.05, 0.1) is 17.4 Å². The number of hydrogen-bond acceptors (Lipinski definition) is 6. The fraction of sp³-hybridized carbons (Fsp3) is 0.565. The van der Waals surface area contributed by atoms with Gasteiger partial charge in [-0.15, -0.1) is 0 Å². The van der Waals surface area contributed by atoms with Crippen LogP contribution in [-0.2, 0) is 4.74 Å². The van der Waals surface area contributed by atoms with Gasteiger partial charge in [0.2, 0.25) is 0 Å². The van der Waals surface area contributed by atoms with E-state index in [0.717, 1.165) is 77.4 Å². The van der Waals surface area contributed by atoms with Crippen LogP contribution in [0.2, 0.25) is 0 Å². The first-order chi connectivity index (χ1) is 14.7. The van der Waals surface area contributed by atoms with Gasteiger partial charge in [0.15, 0.2) is 0 Å². The second-order valence-corrected chi connectivity index (χ2v) is 8.69. The molecule has 1 amide bonds. The zero-order valence-corrected chi connectivity index (χ0v) is 17.4. The first kappa shape index (κ1) is 19.6. The molecular weight excluding hydrogens is 380 g/mol. The van der Waals surface area contributed by atoms with E-state index in [1.807, 2.05) is 17.2 Å². The number of carbonyl (C=O) groups is 1. The lowest BCUT2D eigenvalue weighted by Gasteiger charge is -2.49. The van der Waals surface area contributed by atoms with Crippen molar-refractivity contribution in [3.8, 4) is 0 Å². The summed E-state index contributed by atoms with van der Waals surface area (Å²) < 4.78 is 11.4. The standard InChI is InChI=1S/C23H30N4O3/c28-22(19-4-15-29-18-19)27-9-6-23(7-10-27)17-20(5-16-30-23)25-11-13-26(14-12-25)21-3-1-2-8-24-21/h1-4,8,15,18,20H,5-7,9-14,16-17H2/t20-/m1/s1. The minimum Gasteiger partial charge on any atom is -0.472 e. The molecule has 2 aromatic heterocycles. The van der Waals surface area contributed by atoms with E-state index in [2.05, 4.69) is 26.9 Å². The number of piperidine rings is 1. The van der Waals surface area contributed by atoms with E-state index in [1.54, 1.807) is 12.3 Å². The molecule has 0 N–H and O–H groups in total. The molecule has 3 fully saturated rings. The lowest BCUT2D eigenvalue weighted by molar-refractivity contribution is -0.130. The first-order valence-electron chi connectivity index (χ1n) is 11.1. The van der Waals surface area contributed by atoms with Crippen LogP contribution in [0.5, 0.6) is 0 Å². The molecule has 0 radical (unpaired) electrons. The molecule has 1 spiro atoms. The van der Waals surface area contributed by atoms with Crippen LogP contribution in [0.25, 0.3) is 0 Å². The molecule has 5 rings (SSSR count). The average Bonchev–Trinajstić information content (AvgIpc) is 3.35. The van der Waals surface area contributed by atoms with Crippen LogP contribution in [0.3, 0.4) is 0 Å². The number of amides is 1. The van der Waals surface area contributed by atoms with E-state index in [4.69, 9.17) is 9.15 Å². The predicted molar refractivity (Wildman–Crippen MR) is 114 cm³/mol. The average molecular weight is 411 g/mol. The molecule has 3 aliphatic heterocycles. The Balaban J connectivity index is 1.15. The molecule has 0 bridgehead atoms. The Kier molecular flexibility index (Phi) is 5.48. The highest BCUT2D eigenvalue weighted by Gasteiger charge is 2.43. The van der Waals surface area contributed by atoms with Gasteiger partial charge in [-0.3, -0.25) is 9.69 Å². The third-order valence-corrected chi connectivity index (χ3v) is 7.00. The monoisotopic (exact) mass is 410 g/mol. The van der Waals surface area contributed by atoms with E-state index in [9.17, 15) is 4.79 Å². The van der Waals surface area contributed by atoms with Crippen LogP contribution >= 0.6 is 0 Å². The summed E-state index contributed by atoms with van der Waals surface area (Å²) in [5.41, 5.74) is 0.563. The number of piperazine rings is 1. The van der Waals surface area contributed by atoms with E-state index in [0.29, 0.717) is 11.6 Å². The molecule has 7 heteroatoms. The highest BCUT2D eigenvalue weighted by atomic mass is 16.5. The number of hydrogen-bond donors (Lipinski definition) is 0. The Morgan fingerprint density at radius 1 is 1.07 bits per heavy atom. The van der Waals surface area contributed by atoms with Gasteiger partial charge in [-0.1, -0.05) is 6.07 Å². The van der Waals surface area contributed by atoms with Crippen molar-refractivity contribution in [1.29, 1.82) is 0 Å². The predicted octanol–water partition coefficient (Wildman–Crippen LogP) is 2.65. The number of aromatic nitrogens is 1. The summed E-state index contributed by atoms with van der Waals surface area (Å²) in [6.45, 7) is 6.52. The SMILES string of the molecule is O=C(c1ccoc1)N1CCC2(CC1)C[C@H](N1CCN(c3ccccn3)CC1)CCO2. The second-order valence-electron chi connectivity index (χ2n) is 8.69. The van der Waals surface area contributed by atoms with Gasteiger partial charge in [-0.25, -0.2) is 4.98 Å². The summed E-state index contributed by atoms with van der Waals surface area (Å²) in [7, 11) is 0. The summed E-state index contributed by atoms with van der Waals surface area (Å²) >= 11 is 0. The van der Waals surface area contributed by atoms with Gasteiger partial charge < -0.3 is 19.0 Å². The summed E-state index contributed by atoms with van der Waals surface area (Å²) in [6, 6.07) is 8.43. The highest BCUT2D eigenvalue weighted by Crippen LogP contribution is 2.37. The van der Waals surface area contributed by atoms with E-state index < -0.39 is 0 Å². The number of ether oxygens (including phenoxy) is 1. The Morgan fingerprint density at radius 2 is 1.90 bits per heavy atom. The topological polar surface area (TPSA) is 62.1 Å². The maximum absolute atomic E-state index is 12.6. The van der Waals surface area contributed by atoms with Gasteiger partial charge >= 0.3 is 0 Å². The normalized spacial score (nSPS) is 24.9. The van der Waals surface area contributed by atoms with Crippen molar-refractivity contribution in [3.63, 3.8) is 0 Å². The third-order valence-electron chi connectivity index (χ3n) is 7.00. The molecule has 160 valence electrons. The third kappa shape index (κ3) is 3.96. The van der Waals surface area contributed by atoms with Crippen molar-refractivity contribution in [2.75, 3.05) is 50.8 Å². The van der Waals surface area contributed by atoms with Gasteiger partial charge in [0.25, 0.3) is 5.91 Å². The smallest absolute Gasteiger partial charge is 0.257 e. The van der Waals surface area contributed by atoms with Crippen molar-refractivity contribution in [2.24, 2.45) is 0 Å². The molecule has 7 nitrogen and oxygen atoms in total. The fourth-order valence-corrected chi connectivity index (χ4v) is 5.21. The van der Waals surface area contributed by atoms with Crippen molar-refractivity contribution < 1.29 is 13.9 Å². The second kappa shape index (κ2) is 8.40. The molecule has 2 aromatic rings. The maximum Gasteiger partial charge on any atom is 0.257 e. The summed E-state index contributed by atoms with van der Waals surface area (Å²) in [5.74, 6) is 1.15. The van der Waals surface area contributed by atoms with Gasteiger partial charge in [0.1, 0.15) is 12.1 Å². The van der Waals surface area contributed by atoms with Crippen LogP contribution in [-0.4, -0.2) is 78.2 Å². The molecular formula is C23H30N4O3. The largest absolute Gasteiger partial charge is 0.472 e. The number of likely N-dealkylation sites (tertiary alicyclic amines) is 1. The van der Waals surface area contributed by atoms with Crippen LogP contribution < -0.4 is 4.90 Å². The Labute approximate surface area is 177 Å². The van der Waals surface area contributed by atoms with E-state index in [1.165, 1.54) is 6.26 Å². The minimum atomic E-state index is -0.0752. The summed E-state index contributed by atoms with van der Waals surface area (Å²) in [4.78, 5) is 24.1. The molecule has 0 saturated carbocycles. The van der Waals surface area contributed by atoms with E-state index in [-0.39, 0.29) is 11.5 Å². The number of nitrogens with zero attached hydrogens (tertiary/aromatic N) is 4. The quantitative estimate of drug-likeness (QED) is 0.775. The van der Waals surface area contributed by atoms with Gasteiger partial charge in [-0.2, -0.15) is 0 Å². The van der Waals surface area contributed by atoms with Gasteiger partial charge in [0, 0.05) is 58.1 Å². The van der Waals surface area contributed by atoms with Crippen LogP contribution in [0.15, 0.2) is 47.4 Å². The molecule has 3 aliphatic rings. The maximum atomic E-state index is 12.6. The van der Waals surface area contributed by atoms with Crippen LogP contribution in [0.1, 0.15) is 36.0 Å². The molecule has 0 unspecified atom stereocenters. The van der Waals surface area contributed by atoms with Crippen molar-refractivity contribution in [2.45, 2.75) is 37.3 Å². The molecule has 5 heterocycles. The van der Waals surface area contributed by atoms with Crippen molar-refractivity contribution in [1.82, 2.24) is 14.8 Å². The Morgan fingerprint density at radius 3 is 2.60 bits per heavy atom. The van der Waals surface area contributed by atoms with Crippen molar-refractivity contribution in [3.05, 3.63) is 48.6 Å². The zero-order chi connectivity index (χ0) is 20.4. The number of carbonyl (C=O) groups excluding carboxylic acids is 1. The number of rotatable bonds is 3. The molecule has 1 atom stereocenters. The van der Waals surface area contributed by atoms with Gasteiger partial charge in [-0.05, 0) is 43.9 Å². The lowest BCUT2D eigenvalue weighted by Crippen LogP contribution is -2.57. The fourth-order valence-electron chi connectivity index (χ4n) is 5.21. The van der Waals surface area contributed by atoms with E-state index >= 15 is 0 Å². The molecule has 0 aromatic carbocycles.